The molecule has 1 heterocycles. The van der Waals surface area contributed by atoms with Crippen LogP contribution in [0.3, 0.4) is 0 Å². The Labute approximate surface area is 194 Å². The predicted octanol–water partition coefficient (Wildman–Crippen LogP) is 4.81. The highest BCUT2D eigenvalue weighted by atomic mass is 16.5. The minimum atomic E-state index is -0.179. The maximum atomic E-state index is 13.1. The fourth-order valence-corrected chi connectivity index (χ4v) is 4.03. The summed E-state index contributed by atoms with van der Waals surface area (Å²) in [4.78, 5) is 18.5. The Kier molecular flexibility index (Phi) is 6.54. The van der Waals surface area contributed by atoms with Crippen molar-refractivity contribution in [2.75, 3.05) is 39.8 Å². The molecular formula is C27H29N3O3. The minimum absolute atomic E-state index is 0.0196. The average molecular weight is 444 g/mol. The van der Waals surface area contributed by atoms with E-state index in [1.807, 2.05) is 32.4 Å². The Bertz CT molecular complexity index is 1220. The Morgan fingerprint density at radius 3 is 2.27 bits per heavy atom. The highest BCUT2D eigenvalue weighted by Gasteiger charge is 2.20. The first-order chi connectivity index (χ1) is 16.0. The van der Waals surface area contributed by atoms with Gasteiger partial charge in [-0.15, -0.1) is 0 Å². The number of aromatic amines is 1. The highest BCUT2D eigenvalue weighted by Crippen LogP contribution is 2.31. The lowest BCUT2D eigenvalue weighted by atomic mass is 9.90. The second-order valence-corrected chi connectivity index (χ2v) is 8.14. The van der Waals surface area contributed by atoms with Crippen LogP contribution in [0, 0.1) is 0 Å². The van der Waals surface area contributed by atoms with Gasteiger partial charge in [-0.1, -0.05) is 30.3 Å². The number of carbonyl (C=O) groups is 1. The number of carbonyl (C=O) groups excluding carboxylic acids is 1. The number of hydrogen-bond donors (Lipinski definition) is 2. The molecule has 0 radical (unpaired) electrons. The van der Waals surface area contributed by atoms with Gasteiger partial charge in [0.2, 0.25) is 0 Å². The molecule has 0 unspecified atom stereocenters. The number of rotatable bonds is 8. The largest absolute Gasteiger partial charge is 0.497 e. The van der Waals surface area contributed by atoms with Crippen molar-refractivity contribution in [1.82, 2.24) is 10.3 Å². The van der Waals surface area contributed by atoms with Crippen LogP contribution in [0.4, 0.5) is 5.69 Å². The molecule has 2 N–H and O–H groups in total. The summed E-state index contributed by atoms with van der Waals surface area (Å²) >= 11 is 0. The second-order valence-electron chi connectivity index (χ2n) is 8.14. The molecule has 6 heteroatoms. The zero-order valence-electron chi connectivity index (χ0n) is 19.4. The van der Waals surface area contributed by atoms with Crippen molar-refractivity contribution in [2.24, 2.45) is 0 Å². The predicted molar refractivity (Wildman–Crippen MR) is 133 cm³/mol. The van der Waals surface area contributed by atoms with Crippen LogP contribution < -0.4 is 19.7 Å². The summed E-state index contributed by atoms with van der Waals surface area (Å²) in [6.45, 7) is 0.446. The Balaban J connectivity index is 1.65. The minimum Gasteiger partial charge on any atom is -0.497 e. The van der Waals surface area contributed by atoms with Crippen molar-refractivity contribution in [2.45, 2.75) is 5.92 Å². The van der Waals surface area contributed by atoms with Crippen molar-refractivity contribution in [3.63, 3.8) is 0 Å². The van der Waals surface area contributed by atoms with Crippen LogP contribution in [0.25, 0.3) is 10.9 Å². The molecule has 4 aromatic rings. The number of ether oxygens (including phenoxy) is 2. The summed E-state index contributed by atoms with van der Waals surface area (Å²) in [5.41, 5.74) is 4.97. The number of fused-ring (bicyclic) bond motifs is 1. The summed E-state index contributed by atoms with van der Waals surface area (Å²) in [7, 11) is 7.19. The van der Waals surface area contributed by atoms with Crippen molar-refractivity contribution in [3.05, 3.63) is 89.6 Å². The van der Waals surface area contributed by atoms with E-state index in [0.717, 1.165) is 27.7 Å². The first-order valence-corrected chi connectivity index (χ1v) is 10.8. The standard InChI is InChI=1S/C27H29N3O3/c1-30(2)20-11-9-18(10-12-20)24(25-17-28-26-8-6-5-7-23(25)26)16-29-27(31)19-13-21(32-3)15-22(14-19)33-4/h5-15,17,24,28H,16H2,1-4H3,(H,29,31)/t24-/m1/s1. The number of nitrogens with zero attached hydrogens (tertiary/aromatic N) is 1. The van der Waals surface area contributed by atoms with Gasteiger partial charge in [-0.25, -0.2) is 0 Å². The SMILES string of the molecule is COc1cc(OC)cc(C(=O)NC[C@H](c2ccc(N(C)C)cc2)c2c[nH]c3ccccc23)c1. The molecule has 3 aromatic carbocycles. The number of nitrogens with one attached hydrogen (secondary N) is 2. The third-order valence-corrected chi connectivity index (χ3v) is 5.89. The zero-order valence-corrected chi connectivity index (χ0v) is 19.4. The smallest absolute Gasteiger partial charge is 0.251 e. The lowest BCUT2D eigenvalue weighted by molar-refractivity contribution is 0.0951. The number of amides is 1. The topological polar surface area (TPSA) is 66.6 Å². The summed E-state index contributed by atoms with van der Waals surface area (Å²) in [5.74, 6) is 0.953. The molecule has 0 saturated heterocycles. The fourth-order valence-electron chi connectivity index (χ4n) is 4.03. The molecule has 0 aliphatic carbocycles. The van der Waals surface area contributed by atoms with E-state index in [1.165, 1.54) is 0 Å². The molecule has 1 aromatic heterocycles. The van der Waals surface area contributed by atoms with Crippen LogP contribution in [0.2, 0.25) is 0 Å². The van der Waals surface area contributed by atoms with E-state index < -0.39 is 0 Å². The van der Waals surface area contributed by atoms with Gasteiger partial charge < -0.3 is 24.7 Å². The molecule has 0 saturated carbocycles. The van der Waals surface area contributed by atoms with Crippen molar-refractivity contribution in [1.29, 1.82) is 0 Å². The molecule has 0 spiro atoms. The Morgan fingerprint density at radius 2 is 1.64 bits per heavy atom. The Morgan fingerprint density at radius 1 is 0.970 bits per heavy atom. The lowest BCUT2D eigenvalue weighted by Crippen LogP contribution is -2.29. The van der Waals surface area contributed by atoms with E-state index in [2.05, 4.69) is 51.6 Å². The van der Waals surface area contributed by atoms with Gasteiger partial charge in [-0.05, 0) is 41.5 Å². The number of benzene rings is 3. The fraction of sp³-hybridized carbons (Fsp3) is 0.222. The summed E-state index contributed by atoms with van der Waals surface area (Å²) in [6, 6.07) is 21.9. The Hall–Kier alpha value is -3.93. The van der Waals surface area contributed by atoms with Crippen molar-refractivity contribution >= 4 is 22.5 Å². The van der Waals surface area contributed by atoms with Gasteiger partial charge in [-0.2, -0.15) is 0 Å². The van der Waals surface area contributed by atoms with E-state index in [1.54, 1.807) is 32.4 Å². The highest BCUT2D eigenvalue weighted by molar-refractivity contribution is 5.95. The lowest BCUT2D eigenvalue weighted by Gasteiger charge is -2.20. The normalized spacial score (nSPS) is 11.8. The van der Waals surface area contributed by atoms with Crippen LogP contribution >= 0.6 is 0 Å². The molecule has 170 valence electrons. The summed E-state index contributed by atoms with van der Waals surface area (Å²) in [6.07, 6.45) is 2.04. The third kappa shape index (κ3) is 4.80. The molecule has 1 atom stereocenters. The number of methoxy groups -OCH3 is 2. The van der Waals surface area contributed by atoms with Gasteiger partial charge in [0.1, 0.15) is 11.5 Å². The third-order valence-electron chi connectivity index (χ3n) is 5.89. The van der Waals surface area contributed by atoms with E-state index in [9.17, 15) is 4.79 Å². The van der Waals surface area contributed by atoms with Gasteiger partial charge in [0.25, 0.3) is 5.91 Å². The van der Waals surface area contributed by atoms with Gasteiger partial charge in [0.05, 0.1) is 14.2 Å². The molecule has 1 amide bonds. The monoisotopic (exact) mass is 443 g/mol. The van der Waals surface area contributed by atoms with Crippen LogP contribution in [0.1, 0.15) is 27.4 Å². The molecule has 0 aliphatic rings. The average Bonchev–Trinajstić information content (AvgIpc) is 3.28. The molecule has 0 fully saturated rings. The number of para-hydroxylation sites is 1. The number of aromatic nitrogens is 1. The van der Waals surface area contributed by atoms with Crippen LogP contribution in [-0.2, 0) is 0 Å². The van der Waals surface area contributed by atoms with Crippen molar-refractivity contribution in [3.8, 4) is 11.5 Å². The van der Waals surface area contributed by atoms with Crippen LogP contribution in [-0.4, -0.2) is 45.8 Å². The summed E-state index contributed by atoms with van der Waals surface area (Å²) in [5, 5.41) is 4.27. The van der Waals surface area contributed by atoms with E-state index >= 15 is 0 Å². The van der Waals surface area contributed by atoms with Crippen LogP contribution in [0.5, 0.6) is 11.5 Å². The van der Waals surface area contributed by atoms with Gasteiger partial charge >= 0.3 is 0 Å². The van der Waals surface area contributed by atoms with Gasteiger partial charge in [0, 0.05) is 61.0 Å². The zero-order chi connectivity index (χ0) is 23.4. The van der Waals surface area contributed by atoms with E-state index in [-0.39, 0.29) is 11.8 Å². The number of anilines is 1. The maximum absolute atomic E-state index is 13.1. The molecule has 6 nitrogen and oxygen atoms in total. The first kappa shape index (κ1) is 22.3. The molecule has 33 heavy (non-hydrogen) atoms. The number of H-pyrrole nitrogens is 1. The van der Waals surface area contributed by atoms with Gasteiger partial charge in [-0.3, -0.25) is 4.79 Å². The quantitative estimate of drug-likeness (QED) is 0.410. The second kappa shape index (κ2) is 9.69. The molecule has 0 aliphatic heterocycles. The number of hydrogen-bond acceptors (Lipinski definition) is 4. The maximum Gasteiger partial charge on any atom is 0.251 e. The molecule has 4 rings (SSSR count). The van der Waals surface area contributed by atoms with Crippen molar-refractivity contribution < 1.29 is 14.3 Å². The van der Waals surface area contributed by atoms with E-state index in [4.69, 9.17) is 9.47 Å². The summed E-state index contributed by atoms with van der Waals surface area (Å²) < 4.78 is 10.6. The molecular weight excluding hydrogens is 414 g/mol. The molecule has 0 bridgehead atoms. The first-order valence-electron chi connectivity index (χ1n) is 10.8. The van der Waals surface area contributed by atoms with Gasteiger partial charge in [0.15, 0.2) is 0 Å². The van der Waals surface area contributed by atoms with E-state index in [0.29, 0.717) is 23.6 Å². The van der Waals surface area contributed by atoms with Crippen LogP contribution in [0.15, 0.2) is 72.9 Å².